The minimum absolute atomic E-state index is 0.0521. The summed E-state index contributed by atoms with van der Waals surface area (Å²) in [5.41, 5.74) is 4.77. The number of pyridine rings is 1. The molecule has 2 saturated heterocycles. The normalized spacial score (nSPS) is 18.2. The number of nitrogens with zero attached hydrogens (tertiary/aromatic N) is 3. The van der Waals surface area contributed by atoms with E-state index in [2.05, 4.69) is 0 Å². The largest absolute Gasteiger partial charge is 0.347 e. The van der Waals surface area contributed by atoms with Crippen LogP contribution in [-0.4, -0.2) is 52.3 Å². The lowest BCUT2D eigenvalue weighted by Gasteiger charge is -2.37. The molecule has 0 bridgehead atoms. The smallest absolute Gasteiger partial charge is 0.228 e. The van der Waals surface area contributed by atoms with Gasteiger partial charge in [0.25, 0.3) is 0 Å². The number of rotatable bonds is 3. The number of likely N-dealkylation sites (tertiary alicyclic amines) is 1. The number of aromatic nitrogens is 2. The fourth-order valence-electron chi connectivity index (χ4n) is 4.53. The lowest BCUT2D eigenvalue weighted by Crippen LogP contribution is -2.47. The first kappa shape index (κ1) is 20.2. The van der Waals surface area contributed by atoms with Crippen LogP contribution in [0.4, 0.5) is 4.39 Å². The molecule has 0 N–H and O–H groups in total. The van der Waals surface area contributed by atoms with Crippen LogP contribution < -0.4 is 0 Å². The molecule has 4 heterocycles. The predicted molar refractivity (Wildman–Crippen MR) is 114 cm³/mol. The van der Waals surface area contributed by atoms with Crippen LogP contribution in [0, 0.1) is 19.7 Å². The van der Waals surface area contributed by atoms with Crippen LogP contribution in [0.3, 0.4) is 0 Å². The van der Waals surface area contributed by atoms with Gasteiger partial charge in [0.2, 0.25) is 5.91 Å². The first-order valence-electron chi connectivity index (χ1n) is 10.7. The Balaban J connectivity index is 1.46. The van der Waals surface area contributed by atoms with Crippen molar-refractivity contribution in [3.8, 4) is 11.3 Å². The van der Waals surface area contributed by atoms with Gasteiger partial charge in [-0.2, -0.15) is 0 Å². The maximum absolute atomic E-state index is 13.8. The summed E-state index contributed by atoms with van der Waals surface area (Å²) in [7, 11) is 0. The summed E-state index contributed by atoms with van der Waals surface area (Å²) >= 11 is 0. The second kappa shape index (κ2) is 7.73. The lowest BCUT2D eigenvalue weighted by molar-refractivity contribution is -0.187. The van der Waals surface area contributed by atoms with E-state index < -0.39 is 5.79 Å². The van der Waals surface area contributed by atoms with Crippen molar-refractivity contribution in [1.29, 1.82) is 0 Å². The number of carbonyl (C=O) groups is 1. The van der Waals surface area contributed by atoms with Crippen molar-refractivity contribution in [2.45, 2.75) is 38.9 Å². The van der Waals surface area contributed by atoms with Crippen molar-refractivity contribution in [2.24, 2.45) is 0 Å². The molecule has 2 aliphatic heterocycles. The van der Waals surface area contributed by atoms with Crippen molar-refractivity contribution in [3.63, 3.8) is 0 Å². The Bertz CT molecular complexity index is 1140. The average Bonchev–Trinajstić information content (AvgIpc) is 3.35. The number of halogens is 1. The molecule has 2 fully saturated rings. The number of carbonyl (C=O) groups excluding carboxylic acids is 1. The average molecular weight is 423 g/mol. The Morgan fingerprint density at radius 1 is 1.13 bits per heavy atom. The summed E-state index contributed by atoms with van der Waals surface area (Å²) in [6.07, 6.45) is 3.60. The fraction of sp³-hybridized carbons (Fsp3) is 0.417. The molecular weight excluding hydrogens is 397 g/mol. The quantitative estimate of drug-likeness (QED) is 0.645. The number of hydrogen-bond acceptors (Lipinski definition) is 4. The van der Waals surface area contributed by atoms with E-state index in [9.17, 15) is 9.18 Å². The van der Waals surface area contributed by atoms with E-state index in [4.69, 9.17) is 14.5 Å². The standard InChI is InChI=1S/C24H26FN3O3/c1-16-3-6-21-26-23(18-4-5-19(25)17(2)13-18)20(28(21)15-16)14-22(29)27-9-7-24(8-10-27)30-11-12-31-24/h3-6,13,15H,7-12,14H2,1-2H3. The Morgan fingerprint density at radius 2 is 1.87 bits per heavy atom. The SMILES string of the molecule is Cc1ccc2nc(-c3ccc(F)c(C)c3)c(CC(=O)N3CCC4(CC3)OCCO4)n2c1. The van der Waals surface area contributed by atoms with Crippen LogP contribution in [0.5, 0.6) is 0 Å². The van der Waals surface area contributed by atoms with Gasteiger partial charge in [-0.25, -0.2) is 9.37 Å². The maximum atomic E-state index is 13.8. The van der Waals surface area contributed by atoms with Crippen LogP contribution in [0.1, 0.15) is 29.7 Å². The number of piperidine rings is 1. The summed E-state index contributed by atoms with van der Waals surface area (Å²) in [5, 5.41) is 0. The molecule has 2 aliphatic rings. The van der Waals surface area contributed by atoms with Crippen LogP contribution in [0.25, 0.3) is 16.9 Å². The summed E-state index contributed by atoms with van der Waals surface area (Å²) in [6, 6.07) is 8.92. The molecule has 5 rings (SSSR count). The number of benzene rings is 1. The van der Waals surface area contributed by atoms with Gasteiger partial charge < -0.3 is 18.8 Å². The first-order chi connectivity index (χ1) is 14.9. The highest BCUT2D eigenvalue weighted by Gasteiger charge is 2.40. The van der Waals surface area contributed by atoms with Gasteiger partial charge in [0.05, 0.1) is 31.0 Å². The molecule has 6 nitrogen and oxygen atoms in total. The molecule has 162 valence electrons. The van der Waals surface area contributed by atoms with Crippen molar-refractivity contribution in [1.82, 2.24) is 14.3 Å². The third kappa shape index (κ3) is 3.72. The number of ether oxygens (including phenoxy) is 2. The Hall–Kier alpha value is -2.77. The van der Waals surface area contributed by atoms with Crippen LogP contribution in [0.2, 0.25) is 0 Å². The minimum Gasteiger partial charge on any atom is -0.347 e. The highest BCUT2D eigenvalue weighted by molar-refractivity contribution is 5.82. The number of fused-ring (bicyclic) bond motifs is 1. The number of imidazole rings is 1. The monoisotopic (exact) mass is 423 g/mol. The van der Waals surface area contributed by atoms with Gasteiger partial charge in [0.15, 0.2) is 5.79 Å². The zero-order valence-corrected chi connectivity index (χ0v) is 17.9. The lowest BCUT2D eigenvalue weighted by atomic mass is 10.0. The first-order valence-corrected chi connectivity index (χ1v) is 10.7. The molecule has 0 atom stereocenters. The molecule has 31 heavy (non-hydrogen) atoms. The highest BCUT2D eigenvalue weighted by atomic mass is 19.1. The van der Waals surface area contributed by atoms with E-state index in [1.165, 1.54) is 6.07 Å². The highest BCUT2D eigenvalue weighted by Crippen LogP contribution is 2.32. The van der Waals surface area contributed by atoms with Crippen molar-refractivity contribution < 1.29 is 18.7 Å². The van der Waals surface area contributed by atoms with E-state index in [-0.39, 0.29) is 18.1 Å². The Kier molecular flexibility index (Phi) is 5.02. The van der Waals surface area contributed by atoms with Crippen LogP contribution in [-0.2, 0) is 20.7 Å². The van der Waals surface area contributed by atoms with Gasteiger partial charge in [-0.3, -0.25) is 4.79 Å². The molecule has 2 aromatic heterocycles. The summed E-state index contributed by atoms with van der Waals surface area (Å²) in [6.45, 7) is 6.21. The number of aryl methyl sites for hydroxylation is 2. The van der Waals surface area contributed by atoms with Gasteiger partial charge in [-0.05, 0) is 49.2 Å². The molecule has 1 spiro atoms. The van der Waals surface area contributed by atoms with Crippen LogP contribution in [0.15, 0.2) is 36.5 Å². The minimum atomic E-state index is -0.506. The van der Waals surface area contributed by atoms with Crippen molar-refractivity contribution >= 4 is 11.6 Å². The van der Waals surface area contributed by atoms with E-state index in [0.717, 1.165) is 28.2 Å². The third-order valence-electron chi connectivity index (χ3n) is 6.31. The predicted octanol–water partition coefficient (Wildman–Crippen LogP) is 3.67. The molecule has 0 aliphatic carbocycles. The molecule has 3 aromatic rings. The van der Waals surface area contributed by atoms with Gasteiger partial charge in [0, 0.05) is 37.7 Å². The van der Waals surface area contributed by atoms with Gasteiger partial charge >= 0.3 is 0 Å². The van der Waals surface area contributed by atoms with E-state index in [1.54, 1.807) is 19.1 Å². The van der Waals surface area contributed by atoms with Gasteiger partial charge in [-0.15, -0.1) is 0 Å². The molecule has 0 radical (unpaired) electrons. The van der Waals surface area contributed by atoms with Crippen molar-refractivity contribution in [3.05, 3.63) is 59.2 Å². The zero-order valence-electron chi connectivity index (χ0n) is 17.9. The topological polar surface area (TPSA) is 56.1 Å². The molecule has 1 amide bonds. The third-order valence-corrected chi connectivity index (χ3v) is 6.31. The van der Waals surface area contributed by atoms with Crippen LogP contribution >= 0.6 is 0 Å². The fourth-order valence-corrected chi connectivity index (χ4v) is 4.53. The summed E-state index contributed by atoms with van der Waals surface area (Å²) < 4.78 is 27.4. The van der Waals surface area contributed by atoms with E-state index in [1.807, 2.05) is 34.6 Å². The summed E-state index contributed by atoms with van der Waals surface area (Å²) in [5.74, 6) is -0.704. The number of hydrogen-bond donors (Lipinski definition) is 0. The van der Waals surface area contributed by atoms with Gasteiger partial charge in [0.1, 0.15) is 11.5 Å². The second-order valence-electron chi connectivity index (χ2n) is 8.47. The van der Waals surface area contributed by atoms with E-state index in [0.29, 0.717) is 44.7 Å². The van der Waals surface area contributed by atoms with Crippen molar-refractivity contribution in [2.75, 3.05) is 26.3 Å². The maximum Gasteiger partial charge on any atom is 0.228 e. The summed E-state index contributed by atoms with van der Waals surface area (Å²) in [4.78, 5) is 19.9. The molecule has 0 saturated carbocycles. The molecule has 1 aromatic carbocycles. The Labute approximate surface area is 180 Å². The second-order valence-corrected chi connectivity index (χ2v) is 8.47. The zero-order chi connectivity index (χ0) is 21.6. The molecule has 0 unspecified atom stereocenters. The molecular formula is C24H26FN3O3. The van der Waals surface area contributed by atoms with Gasteiger partial charge in [-0.1, -0.05) is 6.07 Å². The number of amides is 1. The Morgan fingerprint density at radius 3 is 2.58 bits per heavy atom. The molecule has 7 heteroatoms. The van der Waals surface area contributed by atoms with E-state index >= 15 is 0 Å².